The zero-order chi connectivity index (χ0) is 9.35. The molecule has 0 aromatic carbocycles. The van der Waals surface area contributed by atoms with Crippen molar-refractivity contribution in [1.82, 2.24) is 5.32 Å². The van der Waals surface area contributed by atoms with Crippen LogP contribution in [0.15, 0.2) is 0 Å². The monoisotopic (exact) mass is 189 g/mol. The zero-order valence-corrected chi connectivity index (χ0v) is 7.77. The van der Waals surface area contributed by atoms with Crippen LogP contribution in [-0.2, 0) is 9.59 Å². The molecule has 0 aromatic rings. The molecule has 0 aromatic heterocycles. The molecule has 2 N–H and O–H groups in total. The number of aliphatic carboxylic acids is 1. The highest BCUT2D eigenvalue weighted by molar-refractivity contribution is 8.01. The fourth-order valence-electron chi connectivity index (χ4n) is 1.07. The van der Waals surface area contributed by atoms with E-state index in [0.29, 0.717) is 5.75 Å². The summed E-state index contributed by atoms with van der Waals surface area (Å²) in [6, 6.07) is -0.774. The standard InChI is InChI=1S/C7H11NO3S/c1-7(2)5(6(10)11)8-4(9)3-12-7/h5H,3H2,1-2H3,(H,8,9)(H,10,11). The number of rotatable bonds is 1. The molecule has 1 fully saturated rings. The van der Waals surface area contributed by atoms with E-state index >= 15 is 0 Å². The van der Waals surface area contributed by atoms with Gasteiger partial charge in [0.25, 0.3) is 0 Å². The van der Waals surface area contributed by atoms with Gasteiger partial charge in [-0.1, -0.05) is 0 Å². The molecule has 1 heterocycles. The molecular weight excluding hydrogens is 178 g/mol. The van der Waals surface area contributed by atoms with Gasteiger partial charge in [-0.25, -0.2) is 4.79 Å². The second-order valence-electron chi connectivity index (χ2n) is 3.23. The summed E-state index contributed by atoms with van der Waals surface area (Å²) in [5.74, 6) is -0.830. The predicted octanol–water partition coefficient (Wildman–Crippen LogP) is 0.0812. The van der Waals surface area contributed by atoms with Crippen molar-refractivity contribution in [3.05, 3.63) is 0 Å². The van der Waals surface area contributed by atoms with Gasteiger partial charge in [-0.2, -0.15) is 0 Å². The molecule has 1 atom stereocenters. The van der Waals surface area contributed by atoms with E-state index in [2.05, 4.69) is 5.32 Å². The second kappa shape index (κ2) is 2.97. The summed E-state index contributed by atoms with van der Waals surface area (Å²) in [4.78, 5) is 21.6. The molecule has 1 aliphatic heterocycles. The van der Waals surface area contributed by atoms with Crippen LogP contribution in [0.2, 0.25) is 0 Å². The lowest BCUT2D eigenvalue weighted by Crippen LogP contribution is -2.56. The molecule has 0 aliphatic carbocycles. The summed E-state index contributed by atoms with van der Waals surface area (Å²) in [6.45, 7) is 3.63. The van der Waals surface area contributed by atoms with Gasteiger partial charge in [0, 0.05) is 4.75 Å². The fourth-order valence-corrected chi connectivity index (χ4v) is 1.98. The van der Waals surface area contributed by atoms with Crippen LogP contribution in [0.5, 0.6) is 0 Å². The van der Waals surface area contributed by atoms with Gasteiger partial charge in [0.1, 0.15) is 6.04 Å². The molecule has 0 bridgehead atoms. The average Bonchev–Trinajstić information content (AvgIpc) is 1.94. The Labute approximate surface area is 74.7 Å². The smallest absolute Gasteiger partial charge is 0.327 e. The number of hydrogen-bond acceptors (Lipinski definition) is 3. The number of carboxylic acids is 1. The van der Waals surface area contributed by atoms with Crippen LogP contribution in [0, 0.1) is 0 Å². The number of thioether (sulfide) groups is 1. The largest absolute Gasteiger partial charge is 0.480 e. The van der Waals surface area contributed by atoms with Gasteiger partial charge >= 0.3 is 5.97 Å². The highest BCUT2D eigenvalue weighted by Gasteiger charge is 2.40. The molecule has 12 heavy (non-hydrogen) atoms. The van der Waals surface area contributed by atoms with Crippen LogP contribution in [-0.4, -0.2) is 33.5 Å². The number of carbonyl (C=O) groups is 2. The maximum atomic E-state index is 10.9. The van der Waals surface area contributed by atoms with Crippen LogP contribution in [0.3, 0.4) is 0 Å². The van der Waals surface area contributed by atoms with E-state index in [4.69, 9.17) is 5.11 Å². The van der Waals surface area contributed by atoms with Crippen LogP contribution in [0.25, 0.3) is 0 Å². The molecular formula is C7H11NO3S. The Morgan fingerprint density at radius 3 is 2.75 bits per heavy atom. The number of carboxylic acid groups (broad SMARTS) is 1. The molecule has 1 amide bonds. The highest BCUT2D eigenvalue weighted by atomic mass is 32.2. The first-order chi connectivity index (χ1) is 5.43. The topological polar surface area (TPSA) is 66.4 Å². The van der Waals surface area contributed by atoms with E-state index < -0.39 is 16.8 Å². The molecule has 1 rings (SSSR count). The Balaban J connectivity index is 2.78. The Morgan fingerprint density at radius 1 is 1.75 bits per heavy atom. The Kier molecular flexibility index (Phi) is 2.32. The lowest BCUT2D eigenvalue weighted by molar-refractivity contribution is -0.142. The lowest BCUT2D eigenvalue weighted by Gasteiger charge is -2.35. The lowest BCUT2D eigenvalue weighted by atomic mass is 10.0. The molecule has 0 radical (unpaired) electrons. The third-order valence-corrected chi connectivity index (χ3v) is 3.21. The minimum Gasteiger partial charge on any atom is -0.480 e. The van der Waals surface area contributed by atoms with Crippen molar-refractivity contribution in [3.63, 3.8) is 0 Å². The van der Waals surface area contributed by atoms with Crippen molar-refractivity contribution in [2.24, 2.45) is 0 Å². The first-order valence-corrected chi connectivity index (χ1v) is 4.58. The number of hydrogen-bond donors (Lipinski definition) is 2. The third kappa shape index (κ3) is 1.72. The van der Waals surface area contributed by atoms with Crippen molar-refractivity contribution < 1.29 is 14.7 Å². The number of nitrogens with one attached hydrogen (secondary N) is 1. The highest BCUT2D eigenvalue weighted by Crippen LogP contribution is 2.31. The molecule has 1 saturated heterocycles. The normalized spacial score (nSPS) is 27.8. The third-order valence-electron chi connectivity index (χ3n) is 1.82. The van der Waals surface area contributed by atoms with Crippen molar-refractivity contribution in [1.29, 1.82) is 0 Å². The molecule has 5 heteroatoms. The molecule has 1 aliphatic rings. The van der Waals surface area contributed by atoms with Crippen molar-refractivity contribution in [3.8, 4) is 0 Å². The van der Waals surface area contributed by atoms with Crippen LogP contribution < -0.4 is 5.32 Å². The van der Waals surface area contributed by atoms with Crippen molar-refractivity contribution >= 4 is 23.6 Å². The second-order valence-corrected chi connectivity index (χ2v) is 4.86. The average molecular weight is 189 g/mol. The van der Waals surface area contributed by atoms with Gasteiger partial charge in [0.2, 0.25) is 5.91 Å². The summed E-state index contributed by atoms with van der Waals surface area (Å²) >= 11 is 1.37. The predicted molar refractivity (Wildman–Crippen MR) is 46.1 cm³/mol. The van der Waals surface area contributed by atoms with Gasteiger partial charge < -0.3 is 10.4 Å². The van der Waals surface area contributed by atoms with Gasteiger partial charge in [-0.3, -0.25) is 4.79 Å². The minimum absolute atomic E-state index is 0.202. The van der Waals surface area contributed by atoms with E-state index in [1.165, 1.54) is 11.8 Å². The quantitative estimate of drug-likeness (QED) is 0.613. The zero-order valence-electron chi connectivity index (χ0n) is 6.96. The van der Waals surface area contributed by atoms with E-state index in [1.54, 1.807) is 0 Å². The van der Waals surface area contributed by atoms with Crippen molar-refractivity contribution in [2.45, 2.75) is 24.6 Å². The number of carbonyl (C=O) groups excluding carboxylic acids is 1. The van der Waals surface area contributed by atoms with Gasteiger partial charge in [-0.15, -0.1) is 11.8 Å². The summed E-state index contributed by atoms with van der Waals surface area (Å²) in [5.41, 5.74) is 0. The summed E-state index contributed by atoms with van der Waals surface area (Å²) in [6.07, 6.45) is 0. The van der Waals surface area contributed by atoms with Crippen LogP contribution in [0.1, 0.15) is 13.8 Å². The Hall–Kier alpha value is -0.710. The van der Waals surface area contributed by atoms with Crippen LogP contribution in [0.4, 0.5) is 0 Å². The van der Waals surface area contributed by atoms with Gasteiger partial charge in [0.15, 0.2) is 0 Å². The maximum absolute atomic E-state index is 10.9. The van der Waals surface area contributed by atoms with E-state index in [-0.39, 0.29) is 5.91 Å². The van der Waals surface area contributed by atoms with Crippen molar-refractivity contribution in [2.75, 3.05) is 5.75 Å². The number of amides is 1. The molecule has 68 valence electrons. The fraction of sp³-hybridized carbons (Fsp3) is 0.714. The SMILES string of the molecule is CC1(C)SCC(=O)NC1C(=O)O. The summed E-state index contributed by atoms with van der Waals surface area (Å²) in [5, 5.41) is 11.2. The maximum Gasteiger partial charge on any atom is 0.327 e. The Morgan fingerprint density at radius 2 is 2.33 bits per heavy atom. The van der Waals surface area contributed by atoms with E-state index in [9.17, 15) is 9.59 Å². The minimum atomic E-state index is -0.972. The van der Waals surface area contributed by atoms with Gasteiger partial charge in [-0.05, 0) is 13.8 Å². The van der Waals surface area contributed by atoms with Gasteiger partial charge in [0.05, 0.1) is 5.75 Å². The summed E-state index contributed by atoms with van der Waals surface area (Å²) in [7, 11) is 0. The van der Waals surface area contributed by atoms with E-state index in [1.807, 2.05) is 13.8 Å². The Bertz CT molecular complexity index is 227. The van der Waals surface area contributed by atoms with Crippen LogP contribution >= 0.6 is 11.8 Å². The first kappa shape index (κ1) is 9.38. The molecule has 4 nitrogen and oxygen atoms in total. The first-order valence-electron chi connectivity index (χ1n) is 3.59. The molecule has 1 unspecified atom stereocenters. The molecule has 0 saturated carbocycles. The van der Waals surface area contributed by atoms with E-state index in [0.717, 1.165) is 0 Å². The molecule has 0 spiro atoms. The summed E-state index contributed by atoms with van der Waals surface area (Å²) < 4.78 is -0.417.